The average molecular weight is 408 g/mol. The standard InChI is InChI=1S/C21H33N3O3S/c1-17-13-18(2)16-23(15-17)10-6-9-22-21(25)19-7-5-8-20(14-19)24-11-3-4-12-28(24,26)27/h5,7-8,14,17-18H,3-4,6,9-13,15-16H2,1-2H3,(H,22,25)/t17-,18-/m1/s1. The van der Waals surface area contributed by atoms with Crippen molar-refractivity contribution in [1.29, 1.82) is 0 Å². The summed E-state index contributed by atoms with van der Waals surface area (Å²) in [5, 5.41) is 2.98. The number of likely N-dealkylation sites (tertiary alicyclic amines) is 1. The Bertz CT molecular complexity index is 771. The second-order valence-electron chi connectivity index (χ2n) is 8.46. The van der Waals surface area contributed by atoms with E-state index in [4.69, 9.17) is 0 Å². The van der Waals surface area contributed by atoms with Crippen LogP contribution in [0.15, 0.2) is 24.3 Å². The van der Waals surface area contributed by atoms with E-state index in [1.807, 2.05) is 0 Å². The van der Waals surface area contributed by atoms with Gasteiger partial charge in [-0.05, 0) is 62.3 Å². The van der Waals surface area contributed by atoms with Gasteiger partial charge in [0.2, 0.25) is 10.0 Å². The van der Waals surface area contributed by atoms with Gasteiger partial charge >= 0.3 is 0 Å². The third kappa shape index (κ3) is 5.47. The molecule has 0 bridgehead atoms. The number of hydrogen-bond donors (Lipinski definition) is 1. The average Bonchev–Trinajstić information content (AvgIpc) is 2.64. The second-order valence-corrected chi connectivity index (χ2v) is 10.5. The Morgan fingerprint density at radius 2 is 1.93 bits per heavy atom. The first-order chi connectivity index (χ1) is 13.3. The van der Waals surface area contributed by atoms with Crippen LogP contribution in [0.2, 0.25) is 0 Å². The summed E-state index contributed by atoms with van der Waals surface area (Å²) in [4.78, 5) is 15.0. The Morgan fingerprint density at radius 3 is 2.64 bits per heavy atom. The van der Waals surface area contributed by atoms with Gasteiger partial charge in [0.15, 0.2) is 0 Å². The minimum atomic E-state index is -3.27. The van der Waals surface area contributed by atoms with Crippen molar-refractivity contribution in [1.82, 2.24) is 10.2 Å². The molecule has 0 aliphatic carbocycles. The molecule has 2 saturated heterocycles. The zero-order valence-corrected chi connectivity index (χ0v) is 17.9. The summed E-state index contributed by atoms with van der Waals surface area (Å²) in [5.74, 6) is 1.52. The highest BCUT2D eigenvalue weighted by molar-refractivity contribution is 7.92. The van der Waals surface area contributed by atoms with Gasteiger partial charge in [-0.2, -0.15) is 0 Å². The lowest BCUT2D eigenvalue weighted by atomic mass is 9.92. The fourth-order valence-electron chi connectivity index (χ4n) is 4.46. The smallest absolute Gasteiger partial charge is 0.251 e. The van der Waals surface area contributed by atoms with E-state index in [0.717, 1.165) is 44.3 Å². The molecule has 28 heavy (non-hydrogen) atoms. The zero-order valence-electron chi connectivity index (χ0n) is 17.1. The van der Waals surface area contributed by atoms with E-state index in [1.54, 1.807) is 24.3 Å². The van der Waals surface area contributed by atoms with Gasteiger partial charge < -0.3 is 10.2 Å². The number of hydrogen-bond acceptors (Lipinski definition) is 4. The van der Waals surface area contributed by atoms with E-state index < -0.39 is 10.0 Å². The van der Waals surface area contributed by atoms with Crippen molar-refractivity contribution in [3.05, 3.63) is 29.8 Å². The van der Waals surface area contributed by atoms with E-state index in [-0.39, 0.29) is 11.7 Å². The molecule has 0 unspecified atom stereocenters. The van der Waals surface area contributed by atoms with Crippen LogP contribution in [-0.2, 0) is 10.0 Å². The van der Waals surface area contributed by atoms with Crippen LogP contribution in [0.1, 0.15) is 49.9 Å². The maximum atomic E-state index is 12.5. The van der Waals surface area contributed by atoms with E-state index in [1.165, 1.54) is 10.7 Å². The molecule has 0 spiro atoms. The molecule has 2 heterocycles. The number of carbonyl (C=O) groups excluding carboxylic acids is 1. The Kier molecular flexibility index (Phi) is 6.99. The number of nitrogens with one attached hydrogen (secondary N) is 1. The molecule has 0 aromatic heterocycles. The number of amides is 1. The van der Waals surface area contributed by atoms with E-state index >= 15 is 0 Å². The molecule has 1 aromatic carbocycles. The predicted molar refractivity (Wildman–Crippen MR) is 113 cm³/mol. The quantitative estimate of drug-likeness (QED) is 0.736. The second kappa shape index (κ2) is 9.27. The van der Waals surface area contributed by atoms with Crippen molar-refractivity contribution < 1.29 is 13.2 Å². The molecule has 2 fully saturated rings. The van der Waals surface area contributed by atoms with E-state index in [9.17, 15) is 13.2 Å². The molecule has 7 heteroatoms. The van der Waals surface area contributed by atoms with Crippen molar-refractivity contribution in [2.75, 3.05) is 42.8 Å². The van der Waals surface area contributed by atoms with Gasteiger partial charge in [0.1, 0.15) is 0 Å². The minimum Gasteiger partial charge on any atom is -0.352 e. The summed E-state index contributed by atoms with van der Waals surface area (Å²) in [7, 11) is -3.27. The summed E-state index contributed by atoms with van der Waals surface area (Å²) in [6, 6.07) is 6.94. The normalized spacial score (nSPS) is 25.4. The van der Waals surface area contributed by atoms with Crippen molar-refractivity contribution in [2.24, 2.45) is 11.8 Å². The number of benzene rings is 1. The molecule has 1 aromatic rings. The van der Waals surface area contributed by atoms with Crippen LogP contribution in [0.3, 0.4) is 0 Å². The highest BCUT2D eigenvalue weighted by Gasteiger charge is 2.26. The first-order valence-corrected chi connectivity index (χ1v) is 12.1. The van der Waals surface area contributed by atoms with Gasteiger partial charge in [-0.1, -0.05) is 19.9 Å². The molecule has 3 rings (SSSR count). The van der Waals surface area contributed by atoms with E-state index in [0.29, 0.717) is 30.8 Å². The molecular formula is C21H33N3O3S. The molecule has 0 radical (unpaired) electrons. The number of rotatable bonds is 6. The molecular weight excluding hydrogens is 374 g/mol. The summed E-state index contributed by atoms with van der Waals surface area (Å²) in [5.41, 5.74) is 1.10. The number of carbonyl (C=O) groups is 1. The monoisotopic (exact) mass is 407 g/mol. The van der Waals surface area contributed by atoms with Crippen LogP contribution >= 0.6 is 0 Å². The highest BCUT2D eigenvalue weighted by atomic mass is 32.2. The van der Waals surface area contributed by atoms with Crippen LogP contribution < -0.4 is 9.62 Å². The van der Waals surface area contributed by atoms with Crippen LogP contribution in [0.4, 0.5) is 5.69 Å². The van der Waals surface area contributed by atoms with Gasteiger partial charge in [-0.15, -0.1) is 0 Å². The first-order valence-electron chi connectivity index (χ1n) is 10.5. The topological polar surface area (TPSA) is 69.7 Å². The van der Waals surface area contributed by atoms with Gasteiger partial charge in [-0.3, -0.25) is 9.10 Å². The Balaban J connectivity index is 1.51. The lowest BCUT2D eigenvalue weighted by Gasteiger charge is -2.34. The number of piperidine rings is 1. The fraction of sp³-hybridized carbons (Fsp3) is 0.667. The fourth-order valence-corrected chi connectivity index (χ4v) is 6.09. The Hall–Kier alpha value is -1.60. The number of anilines is 1. The summed E-state index contributed by atoms with van der Waals surface area (Å²) >= 11 is 0. The van der Waals surface area contributed by atoms with Gasteiger partial charge in [-0.25, -0.2) is 8.42 Å². The van der Waals surface area contributed by atoms with Crippen LogP contribution in [-0.4, -0.2) is 57.7 Å². The van der Waals surface area contributed by atoms with E-state index in [2.05, 4.69) is 24.1 Å². The molecule has 2 atom stereocenters. The third-order valence-electron chi connectivity index (χ3n) is 5.63. The molecule has 1 N–H and O–H groups in total. The van der Waals surface area contributed by atoms with Crippen molar-refractivity contribution in [2.45, 2.75) is 39.5 Å². The molecule has 6 nitrogen and oxygen atoms in total. The van der Waals surface area contributed by atoms with Crippen molar-refractivity contribution in [3.63, 3.8) is 0 Å². The van der Waals surface area contributed by atoms with Crippen molar-refractivity contribution >= 4 is 21.6 Å². The van der Waals surface area contributed by atoms with Crippen LogP contribution in [0, 0.1) is 11.8 Å². The molecule has 2 aliphatic rings. The summed E-state index contributed by atoms with van der Waals surface area (Å²) in [6.07, 6.45) is 3.78. The number of nitrogens with zero attached hydrogens (tertiary/aromatic N) is 2. The maximum Gasteiger partial charge on any atom is 0.251 e. The van der Waals surface area contributed by atoms with Crippen LogP contribution in [0.25, 0.3) is 0 Å². The SMILES string of the molecule is C[C@@H]1C[C@@H](C)CN(CCCNC(=O)c2cccc(N3CCCCS3(=O)=O)c2)C1. The summed E-state index contributed by atoms with van der Waals surface area (Å²) < 4.78 is 26.0. The summed E-state index contributed by atoms with van der Waals surface area (Å²) in [6.45, 7) is 9.01. The number of sulfonamides is 1. The molecule has 2 aliphatic heterocycles. The predicted octanol–water partition coefficient (Wildman–Crippen LogP) is 2.71. The van der Waals surface area contributed by atoms with Crippen molar-refractivity contribution in [3.8, 4) is 0 Å². The van der Waals surface area contributed by atoms with Gasteiger partial charge in [0.05, 0.1) is 11.4 Å². The zero-order chi connectivity index (χ0) is 20.1. The minimum absolute atomic E-state index is 0.142. The van der Waals surface area contributed by atoms with Crippen LogP contribution in [0.5, 0.6) is 0 Å². The lowest BCUT2D eigenvalue weighted by molar-refractivity contribution is 0.0947. The Labute approximate surface area is 169 Å². The molecule has 156 valence electrons. The lowest BCUT2D eigenvalue weighted by Crippen LogP contribution is -2.40. The molecule has 0 saturated carbocycles. The molecule has 1 amide bonds. The van der Waals surface area contributed by atoms with Gasteiger partial charge in [0.25, 0.3) is 5.91 Å². The largest absolute Gasteiger partial charge is 0.352 e. The highest BCUT2D eigenvalue weighted by Crippen LogP contribution is 2.24. The first kappa shape index (κ1) is 21.1. The Morgan fingerprint density at radius 1 is 1.18 bits per heavy atom. The maximum absolute atomic E-state index is 12.5. The van der Waals surface area contributed by atoms with Gasteiger partial charge in [0, 0.05) is 31.7 Å². The third-order valence-corrected chi connectivity index (χ3v) is 7.50.